The van der Waals surface area contributed by atoms with E-state index in [1.165, 1.54) is 11.3 Å². The Labute approximate surface area is 98.5 Å². The molecule has 0 amide bonds. The number of aromatic nitrogens is 1. The zero-order valence-corrected chi connectivity index (χ0v) is 10.4. The normalized spacial score (nSPS) is 11.4. The van der Waals surface area contributed by atoms with Gasteiger partial charge in [-0.1, -0.05) is 0 Å². The van der Waals surface area contributed by atoms with E-state index in [1.54, 1.807) is 12.5 Å². The number of thiazole rings is 1. The first-order chi connectivity index (χ1) is 7.43. The van der Waals surface area contributed by atoms with Gasteiger partial charge in [0.15, 0.2) is 5.13 Å². The van der Waals surface area contributed by atoms with E-state index in [-0.39, 0.29) is 12.0 Å². The van der Waals surface area contributed by atoms with Crippen LogP contribution in [0.5, 0.6) is 0 Å². The number of aliphatic carboxylic acids is 1. The van der Waals surface area contributed by atoms with Crippen LogP contribution in [0.4, 0.5) is 5.13 Å². The van der Waals surface area contributed by atoms with Crippen molar-refractivity contribution in [1.29, 1.82) is 0 Å². The van der Waals surface area contributed by atoms with E-state index in [2.05, 4.69) is 10.3 Å². The van der Waals surface area contributed by atoms with Crippen LogP contribution in [0.2, 0.25) is 0 Å². The fourth-order valence-electron chi connectivity index (χ4n) is 1.29. The van der Waals surface area contributed by atoms with Gasteiger partial charge in [0.25, 0.3) is 0 Å². The van der Waals surface area contributed by atoms with Crippen LogP contribution in [0, 0.1) is 0 Å². The third kappa shape index (κ3) is 4.16. The molecule has 90 valence electrons. The minimum atomic E-state index is -0.868. The van der Waals surface area contributed by atoms with Gasteiger partial charge in [0, 0.05) is 12.5 Å². The number of anilines is 1. The lowest BCUT2D eigenvalue weighted by Crippen LogP contribution is -2.35. The van der Waals surface area contributed by atoms with Crippen LogP contribution in [-0.4, -0.2) is 35.3 Å². The Morgan fingerprint density at radius 3 is 2.94 bits per heavy atom. The lowest BCUT2D eigenvalue weighted by atomic mass is 10.1. The smallest absolute Gasteiger partial charge is 0.309 e. The van der Waals surface area contributed by atoms with Crippen molar-refractivity contribution in [3.8, 4) is 0 Å². The molecule has 1 aromatic rings. The second-order valence-corrected chi connectivity index (χ2v) is 5.01. The van der Waals surface area contributed by atoms with Crippen LogP contribution >= 0.6 is 11.3 Å². The predicted molar refractivity (Wildman–Crippen MR) is 63.0 cm³/mol. The third-order valence-corrected chi connectivity index (χ3v) is 2.64. The summed E-state index contributed by atoms with van der Waals surface area (Å²) in [5.74, 6) is -0.868. The van der Waals surface area contributed by atoms with Crippen molar-refractivity contribution < 1.29 is 14.6 Å². The number of carboxylic acids is 1. The van der Waals surface area contributed by atoms with Crippen molar-refractivity contribution in [2.24, 2.45) is 0 Å². The summed E-state index contributed by atoms with van der Waals surface area (Å²) in [4.78, 5) is 14.7. The Bertz CT molecular complexity index is 363. The van der Waals surface area contributed by atoms with Crippen LogP contribution in [0.3, 0.4) is 0 Å². The molecule has 1 rings (SSSR count). The number of hydrogen-bond acceptors (Lipinski definition) is 5. The molecule has 0 atom stereocenters. The molecule has 16 heavy (non-hydrogen) atoms. The van der Waals surface area contributed by atoms with E-state index >= 15 is 0 Å². The summed E-state index contributed by atoms with van der Waals surface area (Å²) in [5, 5.41) is 14.3. The average molecular weight is 244 g/mol. The van der Waals surface area contributed by atoms with Crippen molar-refractivity contribution >= 4 is 22.4 Å². The molecule has 0 fully saturated rings. The highest BCUT2D eigenvalue weighted by atomic mass is 32.1. The van der Waals surface area contributed by atoms with Gasteiger partial charge in [0.1, 0.15) is 0 Å². The first-order valence-electron chi connectivity index (χ1n) is 4.86. The van der Waals surface area contributed by atoms with Gasteiger partial charge in [-0.3, -0.25) is 4.79 Å². The molecule has 0 aliphatic heterocycles. The highest BCUT2D eigenvalue weighted by Gasteiger charge is 2.18. The Morgan fingerprint density at radius 2 is 2.38 bits per heavy atom. The Hall–Kier alpha value is -1.14. The molecule has 1 aromatic heterocycles. The van der Waals surface area contributed by atoms with Crippen LogP contribution in [0.15, 0.2) is 5.38 Å². The van der Waals surface area contributed by atoms with E-state index in [9.17, 15) is 4.79 Å². The molecule has 0 aliphatic rings. The highest BCUT2D eigenvalue weighted by Crippen LogP contribution is 2.20. The lowest BCUT2D eigenvalue weighted by Gasteiger charge is -2.24. The second-order valence-electron chi connectivity index (χ2n) is 4.16. The number of rotatable bonds is 6. The van der Waals surface area contributed by atoms with Gasteiger partial charge >= 0.3 is 5.97 Å². The summed E-state index contributed by atoms with van der Waals surface area (Å²) in [5.41, 5.74) is 0.362. The van der Waals surface area contributed by atoms with Crippen molar-refractivity contribution in [2.45, 2.75) is 25.8 Å². The van der Waals surface area contributed by atoms with Crippen LogP contribution in [0.25, 0.3) is 0 Å². The van der Waals surface area contributed by atoms with Gasteiger partial charge in [0.05, 0.1) is 24.3 Å². The van der Waals surface area contributed by atoms with Gasteiger partial charge < -0.3 is 15.2 Å². The van der Waals surface area contributed by atoms with Gasteiger partial charge in [-0.15, -0.1) is 11.3 Å². The monoisotopic (exact) mass is 244 g/mol. The molecule has 0 aliphatic carbocycles. The molecule has 0 aromatic carbocycles. The van der Waals surface area contributed by atoms with Crippen molar-refractivity contribution in [2.75, 3.05) is 19.0 Å². The Balaban J connectivity index is 2.61. The van der Waals surface area contributed by atoms with Crippen molar-refractivity contribution in [3.05, 3.63) is 11.1 Å². The van der Waals surface area contributed by atoms with Crippen LogP contribution in [0.1, 0.15) is 19.5 Å². The number of methoxy groups -OCH3 is 1. The number of carboxylic acid groups (broad SMARTS) is 1. The standard InChI is InChI=1S/C10H16N2O3S/c1-10(2,6-15-3)12-9-11-7(5-16-9)4-8(13)14/h5H,4,6H2,1-3H3,(H,11,12)(H,13,14). The number of ether oxygens (including phenoxy) is 1. The fourth-order valence-corrected chi connectivity index (χ4v) is 2.18. The number of nitrogens with one attached hydrogen (secondary N) is 1. The predicted octanol–water partition coefficient (Wildman–Crippen LogP) is 1.61. The molecule has 2 N–H and O–H groups in total. The first-order valence-corrected chi connectivity index (χ1v) is 5.74. The summed E-state index contributed by atoms with van der Waals surface area (Å²) < 4.78 is 5.07. The topological polar surface area (TPSA) is 71.5 Å². The molecule has 0 radical (unpaired) electrons. The lowest BCUT2D eigenvalue weighted by molar-refractivity contribution is -0.136. The third-order valence-electron chi connectivity index (χ3n) is 1.83. The maximum absolute atomic E-state index is 10.5. The van der Waals surface area contributed by atoms with E-state index in [0.717, 1.165) is 5.13 Å². The molecule has 0 spiro atoms. The molecule has 1 heterocycles. The highest BCUT2D eigenvalue weighted by molar-refractivity contribution is 7.13. The number of nitrogens with zero attached hydrogens (tertiary/aromatic N) is 1. The summed E-state index contributed by atoms with van der Waals surface area (Å²) >= 11 is 1.40. The van der Waals surface area contributed by atoms with Gasteiger partial charge in [-0.25, -0.2) is 4.98 Å². The molecule has 0 saturated carbocycles. The van der Waals surface area contributed by atoms with Gasteiger partial charge in [-0.2, -0.15) is 0 Å². The van der Waals surface area contributed by atoms with Crippen LogP contribution in [-0.2, 0) is 16.0 Å². The summed E-state index contributed by atoms with van der Waals surface area (Å²) in [6, 6.07) is 0. The minimum absolute atomic E-state index is 0.0388. The summed E-state index contributed by atoms with van der Waals surface area (Å²) in [6.07, 6.45) is -0.0388. The Morgan fingerprint density at radius 1 is 1.69 bits per heavy atom. The Kier molecular flexibility index (Phi) is 4.26. The molecule has 0 unspecified atom stereocenters. The fraction of sp³-hybridized carbons (Fsp3) is 0.600. The SMILES string of the molecule is COCC(C)(C)Nc1nc(CC(=O)O)cs1. The molecular formula is C10H16N2O3S. The molecule has 0 bridgehead atoms. The maximum atomic E-state index is 10.5. The minimum Gasteiger partial charge on any atom is -0.481 e. The van der Waals surface area contributed by atoms with E-state index < -0.39 is 5.97 Å². The zero-order valence-electron chi connectivity index (χ0n) is 9.61. The van der Waals surface area contributed by atoms with Gasteiger partial charge in [0.2, 0.25) is 0 Å². The van der Waals surface area contributed by atoms with E-state index in [0.29, 0.717) is 12.3 Å². The molecule has 5 nitrogen and oxygen atoms in total. The molecular weight excluding hydrogens is 228 g/mol. The largest absolute Gasteiger partial charge is 0.481 e. The summed E-state index contributed by atoms with van der Waals surface area (Å²) in [7, 11) is 1.64. The van der Waals surface area contributed by atoms with Gasteiger partial charge in [-0.05, 0) is 13.8 Å². The summed E-state index contributed by atoms with van der Waals surface area (Å²) in [6.45, 7) is 4.55. The maximum Gasteiger partial charge on any atom is 0.309 e. The first kappa shape index (κ1) is 12.9. The zero-order chi connectivity index (χ0) is 12.2. The second kappa shape index (κ2) is 5.27. The quantitative estimate of drug-likeness (QED) is 0.795. The number of carbonyl (C=O) groups is 1. The molecule has 6 heteroatoms. The van der Waals surface area contributed by atoms with Crippen molar-refractivity contribution in [1.82, 2.24) is 4.98 Å². The number of hydrogen-bond donors (Lipinski definition) is 2. The van der Waals surface area contributed by atoms with Crippen molar-refractivity contribution in [3.63, 3.8) is 0 Å². The van der Waals surface area contributed by atoms with Crippen LogP contribution < -0.4 is 5.32 Å². The molecule has 0 saturated heterocycles. The van der Waals surface area contributed by atoms with E-state index in [4.69, 9.17) is 9.84 Å². The van der Waals surface area contributed by atoms with E-state index in [1.807, 2.05) is 13.8 Å². The average Bonchev–Trinajstić information content (AvgIpc) is 2.49.